The van der Waals surface area contributed by atoms with Crippen LogP contribution < -0.4 is 10.5 Å². The molecule has 0 unspecified atom stereocenters. The standard InChI is InChI=1S/C16H18N2O5/c17-14(19)10-23-12-6-3-11(4-7-12)5-8-15(20)18-9-1-2-13(18)16(21)22/h3-8,13H,1-2,9-10H2,(H2,17,19)(H,21,22)/t13-/m1/s1. The maximum Gasteiger partial charge on any atom is 0.326 e. The van der Waals surface area contributed by atoms with Crippen LogP contribution in [0.5, 0.6) is 5.75 Å². The number of carboxylic acids is 1. The number of rotatable bonds is 6. The normalized spacial score (nSPS) is 17.4. The van der Waals surface area contributed by atoms with Crippen molar-refractivity contribution in [3.63, 3.8) is 0 Å². The largest absolute Gasteiger partial charge is 0.484 e. The number of benzene rings is 1. The summed E-state index contributed by atoms with van der Waals surface area (Å²) >= 11 is 0. The van der Waals surface area contributed by atoms with Crippen molar-refractivity contribution in [3.8, 4) is 5.75 Å². The monoisotopic (exact) mass is 318 g/mol. The third-order valence-electron chi connectivity index (χ3n) is 3.50. The molecule has 23 heavy (non-hydrogen) atoms. The summed E-state index contributed by atoms with van der Waals surface area (Å²) in [7, 11) is 0. The third-order valence-corrected chi connectivity index (χ3v) is 3.50. The van der Waals surface area contributed by atoms with Crippen molar-refractivity contribution in [1.29, 1.82) is 0 Å². The predicted octanol–water partition coefficient (Wildman–Crippen LogP) is 0.639. The van der Waals surface area contributed by atoms with Gasteiger partial charge in [-0.25, -0.2) is 4.79 Å². The fourth-order valence-corrected chi connectivity index (χ4v) is 2.38. The first-order chi connectivity index (χ1) is 11.0. The molecule has 0 spiro atoms. The Kier molecular flexibility index (Phi) is 5.35. The zero-order chi connectivity index (χ0) is 16.8. The topological polar surface area (TPSA) is 110 Å². The zero-order valence-corrected chi connectivity index (χ0v) is 12.5. The summed E-state index contributed by atoms with van der Waals surface area (Å²) in [4.78, 5) is 35.1. The van der Waals surface area contributed by atoms with E-state index >= 15 is 0 Å². The van der Waals surface area contributed by atoms with Crippen molar-refractivity contribution in [2.75, 3.05) is 13.2 Å². The first-order valence-corrected chi connectivity index (χ1v) is 7.20. The molecule has 0 radical (unpaired) electrons. The Bertz CT molecular complexity index is 624. The average Bonchev–Trinajstić information content (AvgIpc) is 3.01. The SMILES string of the molecule is NC(=O)COc1ccc(C=CC(=O)N2CCC[C@@H]2C(=O)O)cc1. The second-order valence-electron chi connectivity index (χ2n) is 5.19. The first kappa shape index (κ1) is 16.5. The molecule has 2 rings (SSSR count). The minimum atomic E-state index is -0.972. The summed E-state index contributed by atoms with van der Waals surface area (Å²) in [5, 5.41) is 9.07. The lowest BCUT2D eigenvalue weighted by atomic mass is 10.2. The van der Waals surface area contributed by atoms with Gasteiger partial charge in [0.2, 0.25) is 5.91 Å². The Morgan fingerprint density at radius 1 is 1.30 bits per heavy atom. The van der Waals surface area contributed by atoms with Gasteiger partial charge < -0.3 is 20.5 Å². The van der Waals surface area contributed by atoms with Gasteiger partial charge >= 0.3 is 5.97 Å². The molecule has 0 saturated carbocycles. The van der Waals surface area contributed by atoms with Crippen molar-refractivity contribution >= 4 is 23.9 Å². The predicted molar refractivity (Wildman–Crippen MR) is 82.5 cm³/mol. The highest BCUT2D eigenvalue weighted by molar-refractivity contribution is 5.94. The molecule has 1 aliphatic heterocycles. The molecule has 122 valence electrons. The van der Waals surface area contributed by atoms with Crippen molar-refractivity contribution in [1.82, 2.24) is 4.90 Å². The molecule has 1 saturated heterocycles. The number of carboxylic acid groups (broad SMARTS) is 1. The van der Waals surface area contributed by atoms with Crippen LogP contribution in [-0.4, -0.2) is 47.0 Å². The molecule has 0 aromatic heterocycles. The molecule has 1 aromatic rings. The van der Waals surface area contributed by atoms with Gasteiger partial charge in [0.1, 0.15) is 11.8 Å². The van der Waals surface area contributed by atoms with Gasteiger partial charge in [0.05, 0.1) is 0 Å². The van der Waals surface area contributed by atoms with Crippen LogP contribution in [0.25, 0.3) is 6.08 Å². The molecule has 1 aromatic carbocycles. The van der Waals surface area contributed by atoms with Crippen LogP contribution in [-0.2, 0) is 14.4 Å². The Morgan fingerprint density at radius 3 is 2.61 bits per heavy atom. The number of ether oxygens (including phenoxy) is 1. The van der Waals surface area contributed by atoms with Crippen LogP contribution in [0.2, 0.25) is 0 Å². The van der Waals surface area contributed by atoms with Crippen LogP contribution in [0.1, 0.15) is 18.4 Å². The molecule has 1 fully saturated rings. The molecule has 7 heteroatoms. The summed E-state index contributed by atoms with van der Waals surface area (Å²) in [6, 6.07) is 6.01. The van der Waals surface area contributed by atoms with Crippen molar-refractivity contribution < 1.29 is 24.2 Å². The number of nitrogens with two attached hydrogens (primary N) is 1. The van der Waals surface area contributed by atoms with Gasteiger partial charge in [-0.15, -0.1) is 0 Å². The molecule has 1 aliphatic rings. The lowest BCUT2D eigenvalue weighted by Crippen LogP contribution is -2.39. The summed E-state index contributed by atoms with van der Waals surface area (Å²) in [5.74, 6) is -1.35. The zero-order valence-electron chi connectivity index (χ0n) is 12.5. The molecule has 3 N–H and O–H groups in total. The smallest absolute Gasteiger partial charge is 0.326 e. The second-order valence-corrected chi connectivity index (χ2v) is 5.19. The van der Waals surface area contributed by atoms with Gasteiger partial charge in [0.25, 0.3) is 5.91 Å². The quantitative estimate of drug-likeness (QED) is 0.748. The van der Waals surface area contributed by atoms with E-state index in [1.54, 1.807) is 30.3 Å². The van der Waals surface area contributed by atoms with Crippen molar-refractivity contribution in [2.45, 2.75) is 18.9 Å². The van der Waals surface area contributed by atoms with Gasteiger partial charge in [-0.1, -0.05) is 12.1 Å². The molecular weight excluding hydrogens is 300 g/mol. The first-order valence-electron chi connectivity index (χ1n) is 7.20. The molecule has 1 atom stereocenters. The number of hydrogen-bond acceptors (Lipinski definition) is 4. The number of aliphatic carboxylic acids is 1. The Labute approximate surface area is 133 Å². The van der Waals surface area contributed by atoms with E-state index in [4.69, 9.17) is 15.6 Å². The van der Waals surface area contributed by atoms with Crippen LogP contribution in [0.3, 0.4) is 0 Å². The number of hydrogen-bond donors (Lipinski definition) is 2. The van der Waals surface area contributed by atoms with Gasteiger partial charge in [-0.05, 0) is 36.6 Å². The summed E-state index contributed by atoms with van der Waals surface area (Å²) < 4.78 is 5.13. The summed E-state index contributed by atoms with van der Waals surface area (Å²) in [6.45, 7) is 0.263. The Hall–Kier alpha value is -2.83. The van der Waals surface area contributed by atoms with Gasteiger partial charge in [0, 0.05) is 12.6 Å². The minimum absolute atomic E-state index is 0.195. The number of amides is 2. The lowest BCUT2D eigenvalue weighted by Gasteiger charge is -2.19. The number of carbonyl (C=O) groups excluding carboxylic acids is 2. The second kappa shape index (κ2) is 7.44. The van der Waals surface area contributed by atoms with E-state index in [0.29, 0.717) is 25.1 Å². The summed E-state index contributed by atoms with van der Waals surface area (Å²) in [5.41, 5.74) is 5.74. The van der Waals surface area contributed by atoms with E-state index in [-0.39, 0.29) is 12.5 Å². The Balaban J connectivity index is 1.95. The number of nitrogens with zero attached hydrogens (tertiary/aromatic N) is 1. The van der Waals surface area contributed by atoms with E-state index in [2.05, 4.69) is 0 Å². The highest BCUT2D eigenvalue weighted by Crippen LogP contribution is 2.18. The van der Waals surface area contributed by atoms with Crippen LogP contribution in [0, 0.1) is 0 Å². The van der Waals surface area contributed by atoms with Crippen LogP contribution in [0.15, 0.2) is 30.3 Å². The number of primary amides is 1. The van der Waals surface area contributed by atoms with Crippen molar-refractivity contribution in [2.24, 2.45) is 5.73 Å². The molecule has 1 heterocycles. The van der Waals surface area contributed by atoms with E-state index in [1.807, 2.05) is 0 Å². The summed E-state index contributed by atoms with van der Waals surface area (Å²) in [6.07, 6.45) is 4.15. The van der Waals surface area contributed by atoms with E-state index in [9.17, 15) is 14.4 Å². The van der Waals surface area contributed by atoms with Gasteiger partial charge in [-0.2, -0.15) is 0 Å². The molecule has 2 amide bonds. The minimum Gasteiger partial charge on any atom is -0.484 e. The van der Waals surface area contributed by atoms with E-state index in [0.717, 1.165) is 5.56 Å². The van der Waals surface area contributed by atoms with E-state index < -0.39 is 17.9 Å². The highest BCUT2D eigenvalue weighted by Gasteiger charge is 2.32. The van der Waals surface area contributed by atoms with Gasteiger partial charge in [-0.3, -0.25) is 9.59 Å². The van der Waals surface area contributed by atoms with Crippen LogP contribution in [0.4, 0.5) is 0 Å². The molecular formula is C16H18N2O5. The van der Waals surface area contributed by atoms with Gasteiger partial charge in [0.15, 0.2) is 6.61 Å². The molecule has 0 aliphatic carbocycles. The van der Waals surface area contributed by atoms with E-state index in [1.165, 1.54) is 11.0 Å². The molecule has 0 bridgehead atoms. The highest BCUT2D eigenvalue weighted by atomic mass is 16.5. The number of likely N-dealkylation sites (tertiary alicyclic amines) is 1. The Morgan fingerprint density at radius 2 is 2.00 bits per heavy atom. The fourth-order valence-electron chi connectivity index (χ4n) is 2.38. The maximum atomic E-state index is 12.1. The maximum absolute atomic E-state index is 12.1. The molecule has 7 nitrogen and oxygen atoms in total. The number of carbonyl (C=O) groups is 3. The van der Waals surface area contributed by atoms with Crippen LogP contribution >= 0.6 is 0 Å². The van der Waals surface area contributed by atoms with Crippen molar-refractivity contribution in [3.05, 3.63) is 35.9 Å². The lowest BCUT2D eigenvalue weighted by molar-refractivity contribution is -0.146. The fraction of sp³-hybridized carbons (Fsp3) is 0.312. The average molecular weight is 318 g/mol. The third kappa shape index (κ3) is 4.57.